The Hall–Kier alpha value is -6.64. The quantitative estimate of drug-likeness (QED) is 0.167. The van der Waals surface area contributed by atoms with Gasteiger partial charge in [-0.05, 0) is 85.6 Å². The van der Waals surface area contributed by atoms with Gasteiger partial charge in [-0.3, -0.25) is 0 Å². The van der Waals surface area contributed by atoms with E-state index >= 15 is 0 Å². The van der Waals surface area contributed by atoms with Crippen molar-refractivity contribution in [3.8, 4) is 56.6 Å². The van der Waals surface area contributed by atoms with E-state index in [4.69, 9.17) is 14.2 Å². The van der Waals surface area contributed by atoms with Crippen molar-refractivity contribution in [2.24, 2.45) is 0 Å². The molecule has 3 heterocycles. The zero-order chi connectivity index (χ0) is 41.4. The molecule has 0 saturated carbocycles. The van der Waals surface area contributed by atoms with Crippen LogP contribution in [0.1, 0.15) is 25.0 Å². The van der Waals surface area contributed by atoms with Crippen molar-refractivity contribution >= 4 is 43.6 Å². The van der Waals surface area contributed by atoms with Gasteiger partial charge < -0.3 is 39.4 Å². The molecule has 5 N–H and O–H groups in total. The van der Waals surface area contributed by atoms with Crippen molar-refractivity contribution in [3.05, 3.63) is 187 Å². The minimum atomic E-state index is -0.578. The summed E-state index contributed by atoms with van der Waals surface area (Å²) in [5.74, 6) is 2.28. The van der Waals surface area contributed by atoms with Crippen molar-refractivity contribution in [2.45, 2.75) is 39.9 Å². The van der Waals surface area contributed by atoms with Gasteiger partial charge in [-0.25, -0.2) is 0 Å². The maximum Gasteiger partial charge on any atom is 0.147 e. The van der Waals surface area contributed by atoms with Crippen molar-refractivity contribution in [2.75, 3.05) is 0 Å². The molecule has 0 saturated heterocycles. The van der Waals surface area contributed by atoms with Crippen LogP contribution in [-0.4, -0.2) is 37.4 Å². The van der Waals surface area contributed by atoms with Crippen molar-refractivity contribution in [3.63, 3.8) is 0 Å². The third-order valence-electron chi connectivity index (χ3n) is 12.1. The minimum absolute atomic E-state index is 0. The topological polar surface area (TPSA) is 121 Å². The number of para-hydroxylation sites is 6. The van der Waals surface area contributed by atoms with Gasteiger partial charge in [0.15, 0.2) is 0 Å². The molecular weight excluding hydrogens is 876 g/mol. The molecule has 0 bridgehead atoms. The second-order valence-electron chi connectivity index (χ2n) is 16.1. The second kappa shape index (κ2) is 17.5. The number of aromatic hydroxyl groups is 1. The zero-order valence-corrected chi connectivity index (χ0v) is 38.3. The Bertz CT molecular complexity index is 3250. The first-order chi connectivity index (χ1) is 29.8. The summed E-state index contributed by atoms with van der Waals surface area (Å²) in [4.78, 5) is 0. The predicted octanol–water partition coefficient (Wildman–Crippen LogP) is 12.0. The Balaban J connectivity index is 0.00000187. The first kappa shape index (κ1) is 44.0. The Morgan fingerprint density at radius 1 is 0.547 bits per heavy atom. The van der Waals surface area contributed by atoms with Crippen LogP contribution in [0.15, 0.2) is 170 Å². The normalized spacial score (nSPS) is 13.9. The number of phenols is 1. The second-order valence-corrected chi connectivity index (χ2v) is 16.1. The third kappa shape index (κ3) is 7.14. The molecule has 11 rings (SSSR count). The van der Waals surface area contributed by atoms with E-state index in [1.54, 1.807) is 0 Å². The Morgan fingerprint density at radius 2 is 0.984 bits per heavy atom. The summed E-state index contributed by atoms with van der Waals surface area (Å²) in [6.07, 6.45) is -0.445. The molecule has 2 aromatic heterocycles. The van der Waals surface area contributed by atoms with Gasteiger partial charge in [-0.15, -0.1) is 0 Å². The number of fused-ring (bicyclic) bond motifs is 9. The number of nitrogens with zero attached hydrogens (tertiary/aromatic N) is 2. The van der Waals surface area contributed by atoms with E-state index in [0.717, 1.165) is 77.8 Å². The molecule has 0 aliphatic carbocycles. The Labute approximate surface area is 390 Å². The SMILES string of the molecule is Cc1cc(-c2ccccc2OC(C)[C-]2Oc3c(cc(C)cc3-n3c4ccccc4c4ccccc43)-c3ccccc3OC2C)c(O)c(-n2c3ccccc3c3ccccc32)c1.O.O.[Zr]. The smallest absolute Gasteiger partial charge is 0.147 e. The summed E-state index contributed by atoms with van der Waals surface area (Å²) in [6.45, 7) is 8.22. The van der Waals surface area contributed by atoms with Crippen LogP contribution in [0.4, 0.5) is 0 Å². The van der Waals surface area contributed by atoms with Crippen LogP contribution in [0.3, 0.4) is 0 Å². The van der Waals surface area contributed by atoms with Crippen LogP contribution in [0.5, 0.6) is 23.0 Å². The summed E-state index contributed by atoms with van der Waals surface area (Å²) in [5, 5.41) is 17.0. The zero-order valence-electron chi connectivity index (χ0n) is 35.9. The van der Waals surface area contributed by atoms with Gasteiger partial charge in [0, 0.05) is 82.2 Å². The van der Waals surface area contributed by atoms with E-state index in [0.29, 0.717) is 23.1 Å². The average molecular weight is 923 g/mol. The monoisotopic (exact) mass is 921 g/mol. The molecule has 0 amide bonds. The maximum atomic E-state index is 12.3. The molecule has 2 atom stereocenters. The summed E-state index contributed by atoms with van der Waals surface area (Å²) in [7, 11) is 0. The van der Waals surface area contributed by atoms with Gasteiger partial charge in [-0.2, -0.15) is 0 Å². The summed E-state index contributed by atoms with van der Waals surface area (Å²) in [5.41, 5.74) is 11.3. The molecule has 8 aromatic carbocycles. The Kier molecular flexibility index (Phi) is 12.0. The molecule has 64 heavy (non-hydrogen) atoms. The number of phenolic OH excluding ortho intramolecular Hbond substituents is 1. The largest absolute Gasteiger partial charge is 0.650 e. The molecule has 8 nitrogen and oxygen atoms in total. The average Bonchev–Trinajstić information content (AvgIpc) is 3.79. The van der Waals surface area contributed by atoms with Crippen LogP contribution in [0.25, 0.3) is 77.2 Å². The fraction of sp³-hybridized carbons (Fsp3) is 0.109. The van der Waals surface area contributed by atoms with Crippen LogP contribution in [-0.2, 0) is 26.2 Å². The van der Waals surface area contributed by atoms with Gasteiger partial charge in [0.2, 0.25) is 0 Å². The maximum absolute atomic E-state index is 12.3. The number of rotatable bonds is 6. The van der Waals surface area contributed by atoms with Crippen LogP contribution in [0, 0.1) is 20.0 Å². The van der Waals surface area contributed by atoms with Gasteiger partial charge in [0.25, 0.3) is 0 Å². The van der Waals surface area contributed by atoms with Gasteiger partial charge >= 0.3 is 0 Å². The molecule has 0 fully saturated rings. The minimum Gasteiger partial charge on any atom is -0.650 e. The van der Waals surface area contributed by atoms with Crippen LogP contribution in [0.2, 0.25) is 0 Å². The molecule has 2 unspecified atom stereocenters. The fourth-order valence-corrected chi connectivity index (χ4v) is 9.42. The van der Waals surface area contributed by atoms with Crippen molar-refractivity contribution in [1.29, 1.82) is 0 Å². The first-order valence-corrected chi connectivity index (χ1v) is 20.9. The van der Waals surface area contributed by atoms with Crippen molar-refractivity contribution < 1.29 is 56.5 Å². The number of ether oxygens (including phenoxy) is 3. The van der Waals surface area contributed by atoms with E-state index in [1.165, 1.54) is 10.8 Å². The van der Waals surface area contributed by atoms with Gasteiger partial charge in [0.05, 0.1) is 33.4 Å². The summed E-state index contributed by atoms with van der Waals surface area (Å²) < 4.78 is 25.5. The number of aromatic nitrogens is 2. The standard InChI is InChI=1S/C55H43N2O4.2H2O.Zr/c1-33-29-43(53(58)49(31-33)56-45-23-11-5-17-37(45)38-18-6-12-24-46(38)56)41-21-9-15-27-51(41)59-35(3)54-36(4)60-52-28-16-10-22-42(52)44-30-34(2)32-50(55(44)61-54)57-47-25-13-7-19-39(47)40-20-8-14-26-48(40)57;;;/h5-32,35-36,58H,1-4H3;2*1H2;/q-1;;;. The van der Waals surface area contributed by atoms with Gasteiger partial charge in [0.1, 0.15) is 23.0 Å². The fourth-order valence-electron chi connectivity index (χ4n) is 9.42. The van der Waals surface area contributed by atoms with E-state index in [9.17, 15) is 5.11 Å². The van der Waals surface area contributed by atoms with Crippen LogP contribution < -0.4 is 14.2 Å². The number of hydrogen-bond acceptors (Lipinski definition) is 4. The molecule has 10 aromatic rings. The third-order valence-corrected chi connectivity index (χ3v) is 12.1. The first-order valence-electron chi connectivity index (χ1n) is 20.9. The van der Waals surface area contributed by atoms with Crippen LogP contribution >= 0.6 is 0 Å². The van der Waals surface area contributed by atoms with E-state index < -0.39 is 12.2 Å². The van der Waals surface area contributed by atoms with Crippen molar-refractivity contribution in [1.82, 2.24) is 9.13 Å². The molecule has 0 radical (unpaired) electrons. The molecule has 318 valence electrons. The van der Waals surface area contributed by atoms with Gasteiger partial charge in [-0.1, -0.05) is 129 Å². The number of benzene rings is 8. The molecule has 1 aliphatic heterocycles. The van der Waals surface area contributed by atoms with E-state index in [2.05, 4.69) is 126 Å². The molecular formula is C55H47N2O6Zr-. The molecule has 9 heteroatoms. The summed E-state index contributed by atoms with van der Waals surface area (Å²) in [6, 6.07) is 58.3. The van der Waals surface area contributed by atoms with E-state index in [1.807, 2.05) is 80.6 Å². The summed E-state index contributed by atoms with van der Waals surface area (Å²) >= 11 is 0. The number of aryl methyl sites for hydroxylation is 2. The Morgan fingerprint density at radius 3 is 1.55 bits per heavy atom. The predicted molar refractivity (Wildman–Crippen MR) is 255 cm³/mol. The number of hydrogen-bond donors (Lipinski definition) is 1. The molecule has 0 spiro atoms. The molecule has 1 aliphatic rings. The van der Waals surface area contributed by atoms with E-state index in [-0.39, 0.29) is 42.9 Å².